The Bertz CT molecular complexity index is 1960. The maximum atomic E-state index is 14.6. The maximum absolute atomic E-state index is 14.6. The van der Waals surface area contributed by atoms with Crippen molar-refractivity contribution in [3.05, 3.63) is 89.1 Å². The number of nitrogens with zero attached hydrogens (tertiary/aromatic N) is 5. The normalized spacial score (nSPS) is 17.0. The number of aromatic nitrogens is 3. The van der Waals surface area contributed by atoms with Gasteiger partial charge < -0.3 is 14.5 Å². The van der Waals surface area contributed by atoms with Gasteiger partial charge >= 0.3 is 0 Å². The van der Waals surface area contributed by atoms with Gasteiger partial charge in [0.1, 0.15) is 12.4 Å². The van der Waals surface area contributed by atoms with Gasteiger partial charge in [-0.25, -0.2) is 23.1 Å². The van der Waals surface area contributed by atoms with E-state index in [2.05, 4.69) is 68.1 Å². The molecule has 0 saturated heterocycles. The minimum absolute atomic E-state index is 0.0200. The molecule has 5 rings (SSSR count). The number of nitrogens with one attached hydrogen (secondary N) is 1. The number of anilines is 2. The number of benzene rings is 2. The molecule has 1 aliphatic rings. The van der Waals surface area contributed by atoms with Crippen LogP contribution in [-0.4, -0.2) is 59.9 Å². The second-order valence-corrected chi connectivity index (χ2v) is 17.3. The Kier molecular flexibility index (Phi) is 10.3. The molecule has 1 aliphatic heterocycles. The number of carbonyl (C=O) groups is 1. The molecule has 11 heteroatoms. The van der Waals surface area contributed by atoms with Gasteiger partial charge in [0.25, 0.3) is 15.9 Å². The van der Waals surface area contributed by atoms with Gasteiger partial charge in [-0.2, -0.15) is 4.98 Å². The monoisotopic (exact) mass is 698 g/mol. The van der Waals surface area contributed by atoms with Gasteiger partial charge in [-0.1, -0.05) is 71.9 Å². The van der Waals surface area contributed by atoms with Gasteiger partial charge in [0.15, 0.2) is 0 Å². The third-order valence-electron chi connectivity index (χ3n) is 9.35. The van der Waals surface area contributed by atoms with Crippen LogP contribution in [0.5, 0.6) is 5.88 Å². The summed E-state index contributed by atoms with van der Waals surface area (Å²) in [5.41, 5.74) is 4.14. The molecule has 1 unspecified atom stereocenters. The molecule has 266 valence electrons. The SMILES string of the molecule is Cc1cccc(C)c1-c1cc2nc(n1)NS(=O)(=O)c1cccc(c1)C(=O)N(Cc1cccc(N(C)C(C)C(C)(C)C)n1)[C@H](CC(C)(C)C)CO2. The highest BCUT2D eigenvalue weighted by Gasteiger charge is 2.32. The largest absolute Gasteiger partial charge is 0.475 e. The number of carbonyl (C=O) groups excluding carboxylic acids is 1. The average Bonchev–Trinajstić information content (AvgIpc) is 3.03. The fourth-order valence-electron chi connectivity index (χ4n) is 6.25. The molecule has 0 radical (unpaired) electrons. The molecule has 2 aromatic heterocycles. The quantitative estimate of drug-likeness (QED) is 0.218. The molecule has 0 fully saturated rings. The predicted molar refractivity (Wildman–Crippen MR) is 199 cm³/mol. The van der Waals surface area contributed by atoms with E-state index in [4.69, 9.17) is 9.72 Å². The molecular formula is C39H50N6O4S. The number of aryl methyl sites for hydroxylation is 2. The summed E-state index contributed by atoms with van der Waals surface area (Å²) in [6.45, 7) is 19.4. The molecule has 10 nitrogen and oxygen atoms in total. The van der Waals surface area contributed by atoms with Crippen LogP contribution in [0.3, 0.4) is 0 Å². The Hall–Kier alpha value is -4.51. The van der Waals surface area contributed by atoms with Crippen LogP contribution >= 0.6 is 0 Å². The van der Waals surface area contributed by atoms with E-state index in [1.165, 1.54) is 12.1 Å². The minimum atomic E-state index is -4.17. The lowest BCUT2D eigenvalue weighted by Crippen LogP contribution is -2.45. The Morgan fingerprint density at radius 1 is 0.940 bits per heavy atom. The van der Waals surface area contributed by atoms with Crippen molar-refractivity contribution in [3.63, 3.8) is 0 Å². The minimum Gasteiger partial charge on any atom is -0.475 e. The van der Waals surface area contributed by atoms with Crippen molar-refractivity contribution >= 4 is 27.7 Å². The number of hydrogen-bond donors (Lipinski definition) is 1. The summed E-state index contributed by atoms with van der Waals surface area (Å²) in [6, 6.07) is 19.4. The fourth-order valence-corrected chi connectivity index (χ4v) is 7.24. The molecular weight excluding hydrogens is 649 g/mol. The van der Waals surface area contributed by atoms with Gasteiger partial charge in [-0.15, -0.1) is 0 Å². The molecule has 4 bridgehead atoms. The highest BCUT2D eigenvalue weighted by Crippen LogP contribution is 2.32. The third-order valence-corrected chi connectivity index (χ3v) is 10.7. The molecule has 0 spiro atoms. The molecule has 50 heavy (non-hydrogen) atoms. The van der Waals surface area contributed by atoms with Crippen LogP contribution in [0.4, 0.5) is 11.8 Å². The van der Waals surface area contributed by atoms with E-state index in [1.54, 1.807) is 23.1 Å². The van der Waals surface area contributed by atoms with Gasteiger partial charge in [0.2, 0.25) is 11.8 Å². The van der Waals surface area contributed by atoms with Crippen LogP contribution in [0.1, 0.15) is 82.1 Å². The molecule has 0 saturated carbocycles. The highest BCUT2D eigenvalue weighted by molar-refractivity contribution is 7.92. The zero-order valence-electron chi connectivity index (χ0n) is 30.9. The average molecular weight is 699 g/mol. The number of hydrogen-bond acceptors (Lipinski definition) is 8. The van der Waals surface area contributed by atoms with Crippen LogP contribution < -0.4 is 14.4 Å². The van der Waals surface area contributed by atoms with Crippen molar-refractivity contribution in [1.29, 1.82) is 0 Å². The highest BCUT2D eigenvalue weighted by atomic mass is 32.2. The molecule has 4 aromatic rings. The summed E-state index contributed by atoms with van der Waals surface area (Å²) < 4.78 is 36.4. The van der Waals surface area contributed by atoms with E-state index >= 15 is 0 Å². The molecule has 1 amide bonds. The Morgan fingerprint density at radius 3 is 2.26 bits per heavy atom. The van der Waals surface area contributed by atoms with Crippen LogP contribution in [0, 0.1) is 24.7 Å². The van der Waals surface area contributed by atoms with Crippen molar-refractivity contribution in [2.24, 2.45) is 10.8 Å². The summed E-state index contributed by atoms with van der Waals surface area (Å²) in [7, 11) is -2.14. The molecule has 3 heterocycles. The number of fused-ring (bicyclic) bond motifs is 4. The Morgan fingerprint density at radius 2 is 1.60 bits per heavy atom. The van der Waals surface area contributed by atoms with E-state index < -0.39 is 16.1 Å². The molecule has 2 aromatic carbocycles. The first-order chi connectivity index (χ1) is 23.3. The fraction of sp³-hybridized carbons (Fsp3) is 0.436. The van der Waals surface area contributed by atoms with Crippen molar-refractivity contribution < 1.29 is 17.9 Å². The van der Waals surface area contributed by atoms with Crippen molar-refractivity contribution in [2.45, 2.75) is 92.3 Å². The number of pyridine rings is 1. The van der Waals surface area contributed by atoms with Crippen LogP contribution in [-0.2, 0) is 16.6 Å². The number of rotatable bonds is 6. The van der Waals surface area contributed by atoms with Gasteiger partial charge in [-0.05, 0) is 79.5 Å². The number of ether oxygens (including phenoxy) is 1. The lowest BCUT2D eigenvalue weighted by atomic mass is 9.87. The standard InChI is InChI=1S/C39H50N6O4S/c1-25-14-11-15-26(2)35(25)32-21-34-42-37(41-32)43-50(47,48)31-18-12-16-28(20-31)36(46)45(30(24-49-34)22-38(4,5)6)23-29-17-13-19-33(40-29)44(10)27(3)39(7,8)9/h11-21,27,30H,22-24H2,1-10H3,(H,41,42,43)/t27?,30-/m1/s1. The molecule has 2 atom stereocenters. The lowest BCUT2D eigenvalue weighted by molar-refractivity contribution is 0.0509. The van der Waals surface area contributed by atoms with E-state index in [1.807, 2.05) is 57.3 Å². The summed E-state index contributed by atoms with van der Waals surface area (Å²) in [4.78, 5) is 32.6. The molecule has 0 aliphatic carbocycles. The van der Waals surface area contributed by atoms with Gasteiger partial charge in [0.05, 0.1) is 28.9 Å². The lowest BCUT2D eigenvalue weighted by Gasteiger charge is -2.37. The summed E-state index contributed by atoms with van der Waals surface area (Å²) in [5.74, 6) is 0.566. The van der Waals surface area contributed by atoms with E-state index in [9.17, 15) is 13.2 Å². The first-order valence-corrected chi connectivity index (χ1v) is 18.5. The maximum Gasteiger partial charge on any atom is 0.264 e. The van der Waals surface area contributed by atoms with Gasteiger partial charge in [-0.3, -0.25) is 4.79 Å². The first kappa shape index (κ1) is 36.8. The number of amides is 1. The van der Waals surface area contributed by atoms with Crippen molar-refractivity contribution in [2.75, 3.05) is 23.3 Å². The topological polar surface area (TPSA) is 118 Å². The van der Waals surface area contributed by atoms with Gasteiger partial charge in [0, 0.05) is 30.3 Å². The second-order valence-electron chi connectivity index (χ2n) is 15.6. The summed E-state index contributed by atoms with van der Waals surface area (Å²) >= 11 is 0. The Balaban J connectivity index is 1.64. The summed E-state index contributed by atoms with van der Waals surface area (Å²) in [5, 5.41) is 0. The first-order valence-electron chi connectivity index (χ1n) is 17.0. The van der Waals surface area contributed by atoms with Crippen molar-refractivity contribution in [1.82, 2.24) is 19.9 Å². The van der Waals surface area contributed by atoms with Crippen LogP contribution in [0.25, 0.3) is 11.3 Å². The zero-order valence-corrected chi connectivity index (χ0v) is 31.7. The third kappa shape index (κ3) is 8.43. The van der Waals surface area contributed by atoms with Crippen molar-refractivity contribution in [3.8, 4) is 17.1 Å². The van der Waals surface area contributed by atoms with Crippen LogP contribution in [0.15, 0.2) is 71.6 Å². The summed E-state index contributed by atoms with van der Waals surface area (Å²) in [6.07, 6.45) is 0.595. The van der Waals surface area contributed by atoms with E-state index in [0.717, 1.165) is 22.5 Å². The van der Waals surface area contributed by atoms with E-state index in [0.29, 0.717) is 17.8 Å². The second kappa shape index (κ2) is 14.0. The predicted octanol–water partition coefficient (Wildman–Crippen LogP) is 7.67. The Labute approximate surface area is 297 Å². The van der Waals surface area contributed by atoms with Crippen LogP contribution in [0.2, 0.25) is 0 Å². The van der Waals surface area contributed by atoms with E-state index in [-0.39, 0.29) is 58.2 Å². The zero-order chi connectivity index (χ0) is 36.6. The molecule has 1 N–H and O–H groups in total. The number of sulfonamides is 1. The smallest absolute Gasteiger partial charge is 0.264 e.